The molecule has 0 spiro atoms. The number of nitrogens with one attached hydrogen (secondary N) is 1. The number of hydrogen-bond acceptors (Lipinski definition) is 3. The van der Waals surface area contributed by atoms with Gasteiger partial charge in [0, 0.05) is 17.8 Å². The van der Waals surface area contributed by atoms with Crippen LogP contribution in [0.5, 0.6) is 0 Å². The molecule has 1 heterocycles. The van der Waals surface area contributed by atoms with Gasteiger partial charge in [0.25, 0.3) is 0 Å². The van der Waals surface area contributed by atoms with Crippen molar-refractivity contribution in [2.75, 3.05) is 5.32 Å². The molecule has 22 heavy (non-hydrogen) atoms. The molecule has 0 unspecified atom stereocenters. The van der Waals surface area contributed by atoms with E-state index in [0.29, 0.717) is 21.8 Å². The zero-order valence-electron chi connectivity index (χ0n) is 11.8. The molecule has 0 aliphatic rings. The number of nitrogens with zero attached hydrogens (tertiary/aromatic N) is 1. The average Bonchev–Trinajstić information content (AvgIpc) is 2.74. The van der Waals surface area contributed by atoms with Crippen molar-refractivity contribution in [3.8, 4) is 0 Å². The minimum atomic E-state index is -0.421. The van der Waals surface area contributed by atoms with Gasteiger partial charge in [0.05, 0.1) is 11.9 Å². The van der Waals surface area contributed by atoms with E-state index in [4.69, 9.17) is 16.0 Å². The Kier molecular flexibility index (Phi) is 3.73. The van der Waals surface area contributed by atoms with Crippen molar-refractivity contribution >= 4 is 34.3 Å². The maximum absolute atomic E-state index is 12.1. The van der Waals surface area contributed by atoms with Crippen LogP contribution in [-0.2, 0) is 18.3 Å². The monoisotopic (exact) mass is 316 g/mol. The van der Waals surface area contributed by atoms with Gasteiger partial charge in [-0.2, -0.15) is 0 Å². The van der Waals surface area contributed by atoms with Crippen LogP contribution in [0.15, 0.2) is 51.7 Å². The highest BCUT2D eigenvalue weighted by molar-refractivity contribution is 6.30. The summed E-state index contributed by atoms with van der Waals surface area (Å²) >= 11 is 5.88. The second-order valence-electron chi connectivity index (χ2n) is 4.96. The number of carbonyl (C=O) groups is 1. The van der Waals surface area contributed by atoms with Crippen molar-refractivity contribution < 1.29 is 9.21 Å². The van der Waals surface area contributed by atoms with Crippen LogP contribution in [0.25, 0.3) is 11.1 Å². The summed E-state index contributed by atoms with van der Waals surface area (Å²) in [6, 6.07) is 12.2. The zero-order chi connectivity index (χ0) is 15.7. The van der Waals surface area contributed by atoms with Gasteiger partial charge in [-0.25, -0.2) is 4.79 Å². The third-order valence-corrected chi connectivity index (χ3v) is 3.56. The second-order valence-corrected chi connectivity index (χ2v) is 5.40. The van der Waals surface area contributed by atoms with E-state index in [1.54, 1.807) is 49.5 Å². The first-order chi connectivity index (χ1) is 10.5. The highest BCUT2D eigenvalue weighted by Crippen LogP contribution is 2.17. The molecule has 2 aromatic carbocycles. The molecule has 0 saturated carbocycles. The van der Waals surface area contributed by atoms with Crippen molar-refractivity contribution in [2.24, 2.45) is 7.05 Å². The molecular weight excluding hydrogens is 304 g/mol. The van der Waals surface area contributed by atoms with Gasteiger partial charge in [-0.3, -0.25) is 9.36 Å². The third kappa shape index (κ3) is 2.89. The SMILES string of the molecule is Cn1c(=O)oc2ccc(CC(=O)Nc3cccc(Cl)c3)cc21. The maximum atomic E-state index is 12.1. The first-order valence-corrected chi connectivity index (χ1v) is 7.04. The van der Waals surface area contributed by atoms with Crippen molar-refractivity contribution in [3.63, 3.8) is 0 Å². The summed E-state index contributed by atoms with van der Waals surface area (Å²) < 4.78 is 6.47. The second kappa shape index (κ2) is 5.69. The van der Waals surface area contributed by atoms with E-state index >= 15 is 0 Å². The predicted octanol–water partition coefficient (Wildman–Crippen LogP) is 2.97. The Balaban J connectivity index is 1.79. The van der Waals surface area contributed by atoms with Crippen LogP contribution < -0.4 is 11.1 Å². The Bertz CT molecular complexity index is 911. The van der Waals surface area contributed by atoms with Gasteiger partial charge in [0.15, 0.2) is 5.58 Å². The Morgan fingerprint density at radius 1 is 1.27 bits per heavy atom. The smallest absolute Gasteiger partial charge is 0.408 e. The third-order valence-electron chi connectivity index (χ3n) is 3.33. The average molecular weight is 317 g/mol. The molecule has 1 aromatic heterocycles. The molecule has 0 fully saturated rings. The van der Waals surface area contributed by atoms with E-state index in [1.165, 1.54) is 4.57 Å². The Morgan fingerprint density at radius 3 is 2.86 bits per heavy atom. The van der Waals surface area contributed by atoms with Crippen LogP contribution >= 0.6 is 11.6 Å². The molecule has 0 radical (unpaired) electrons. The fraction of sp³-hybridized carbons (Fsp3) is 0.125. The fourth-order valence-electron chi connectivity index (χ4n) is 2.24. The number of amides is 1. The molecule has 3 rings (SSSR count). The first-order valence-electron chi connectivity index (χ1n) is 6.67. The summed E-state index contributed by atoms with van der Waals surface area (Å²) in [7, 11) is 1.63. The lowest BCUT2D eigenvalue weighted by atomic mass is 10.1. The van der Waals surface area contributed by atoms with E-state index in [1.807, 2.05) is 0 Å². The molecule has 1 amide bonds. The molecule has 0 atom stereocenters. The van der Waals surface area contributed by atoms with E-state index in [9.17, 15) is 9.59 Å². The maximum Gasteiger partial charge on any atom is 0.419 e. The Morgan fingerprint density at radius 2 is 2.09 bits per heavy atom. The van der Waals surface area contributed by atoms with Crippen LogP contribution in [0.3, 0.4) is 0 Å². The minimum Gasteiger partial charge on any atom is -0.408 e. The summed E-state index contributed by atoms with van der Waals surface area (Å²) in [6.45, 7) is 0. The lowest BCUT2D eigenvalue weighted by molar-refractivity contribution is -0.115. The van der Waals surface area contributed by atoms with E-state index in [2.05, 4.69) is 5.32 Å². The van der Waals surface area contributed by atoms with E-state index in [-0.39, 0.29) is 12.3 Å². The van der Waals surface area contributed by atoms with E-state index < -0.39 is 5.76 Å². The highest BCUT2D eigenvalue weighted by atomic mass is 35.5. The van der Waals surface area contributed by atoms with Crippen LogP contribution in [0.1, 0.15) is 5.56 Å². The standard InChI is InChI=1S/C16H13ClN2O3/c1-19-13-7-10(5-6-14(13)22-16(19)21)8-15(20)18-12-4-2-3-11(17)9-12/h2-7,9H,8H2,1H3,(H,18,20). The molecule has 0 aliphatic carbocycles. The van der Waals surface area contributed by atoms with Gasteiger partial charge in [-0.05, 0) is 35.9 Å². The zero-order valence-corrected chi connectivity index (χ0v) is 12.6. The lowest BCUT2D eigenvalue weighted by Crippen LogP contribution is -2.14. The summed E-state index contributed by atoms with van der Waals surface area (Å²) in [5, 5.41) is 3.35. The molecule has 5 nitrogen and oxygen atoms in total. The molecular formula is C16H13ClN2O3. The first kappa shape index (κ1) is 14.4. The van der Waals surface area contributed by atoms with Crippen LogP contribution in [0.4, 0.5) is 5.69 Å². The minimum absolute atomic E-state index is 0.157. The molecule has 6 heteroatoms. The molecule has 0 saturated heterocycles. The number of halogens is 1. The summed E-state index contributed by atoms with van der Waals surface area (Å²) in [5.41, 5.74) is 2.61. The lowest BCUT2D eigenvalue weighted by Gasteiger charge is -2.06. The van der Waals surface area contributed by atoms with Crippen molar-refractivity contribution in [2.45, 2.75) is 6.42 Å². The number of aromatic nitrogens is 1. The molecule has 0 bridgehead atoms. The molecule has 0 aliphatic heterocycles. The number of fused-ring (bicyclic) bond motifs is 1. The number of oxazole rings is 1. The van der Waals surface area contributed by atoms with E-state index in [0.717, 1.165) is 5.56 Å². The van der Waals surface area contributed by atoms with Gasteiger partial charge in [-0.1, -0.05) is 23.7 Å². The summed E-state index contributed by atoms with van der Waals surface area (Å²) in [6.07, 6.45) is 0.196. The Labute approximate surface area is 131 Å². The van der Waals surface area contributed by atoms with Gasteiger partial charge in [0.1, 0.15) is 0 Å². The number of hydrogen-bond donors (Lipinski definition) is 1. The number of benzene rings is 2. The molecule has 3 aromatic rings. The van der Waals surface area contributed by atoms with Crippen LogP contribution in [-0.4, -0.2) is 10.5 Å². The highest BCUT2D eigenvalue weighted by Gasteiger charge is 2.09. The van der Waals surface area contributed by atoms with Gasteiger partial charge in [-0.15, -0.1) is 0 Å². The quantitative estimate of drug-likeness (QED) is 0.808. The van der Waals surface area contributed by atoms with Crippen LogP contribution in [0.2, 0.25) is 5.02 Å². The van der Waals surface area contributed by atoms with Crippen LogP contribution in [0, 0.1) is 0 Å². The normalized spacial score (nSPS) is 10.8. The number of anilines is 1. The topological polar surface area (TPSA) is 64.2 Å². The van der Waals surface area contributed by atoms with Crippen molar-refractivity contribution in [1.82, 2.24) is 4.57 Å². The number of aryl methyl sites for hydroxylation is 1. The number of carbonyl (C=O) groups excluding carboxylic acids is 1. The predicted molar refractivity (Wildman–Crippen MR) is 85.2 cm³/mol. The molecule has 112 valence electrons. The van der Waals surface area contributed by atoms with Gasteiger partial charge < -0.3 is 9.73 Å². The van der Waals surface area contributed by atoms with Gasteiger partial charge in [0.2, 0.25) is 5.91 Å². The Hall–Kier alpha value is -2.53. The summed E-state index contributed by atoms with van der Waals surface area (Å²) in [4.78, 5) is 23.5. The summed E-state index contributed by atoms with van der Waals surface area (Å²) in [5.74, 6) is -0.578. The van der Waals surface area contributed by atoms with Gasteiger partial charge >= 0.3 is 5.76 Å². The van der Waals surface area contributed by atoms with Crippen molar-refractivity contribution in [1.29, 1.82) is 0 Å². The number of rotatable bonds is 3. The largest absolute Gasteiger partial charge is 0.419 e. The fourth-order valence-corrected chi connectivity index (χ4v) is 2.43. The molecule has 1 N–H and O–H groups in total. The van der Waals surface area contributed by atoms with Crippen molar-refractivity contribution in [3.05, 3.63) is 63.6 Å².